The Bertz CT molecular complexity index is 392. The number of methoxy groups -OCH3 is 1. The van der Waals surface area contributed by atoms with E-state index in [-0.39, 0.29) is 6.09 Å². The molecule has 1 aromatic rings. The van der Waals surface area contributed by atoms with Gasteiger partial charge in [-0.05, 0) is 36.6 Å². The van der Waals surface area contributed by atoms with Gasteiger partial charge in [-0.3, -0.25) is 4.90 Å². The lowest BCUT2D eigenvalue weighted by atomic mass is 10.0. The smallest absolute Gasteiger partial charge is 0.414 e. The van der Waals surface area contributed by atoms with Crippen LogP contribution in [0.2, 0.25) is 0 Å². The zero-order valence-corrected chi connectivity index (χ0v) is 10.1. The maximum absolute atomic E-state index is 11.5. The van der Waals surface area contributed by atoms with E-state index in [0.29, 0.717) is 0 Å². The first-order chi connectivity index (χ1) is 7.22. The Morgan fingerprint density at radius 1 is 1.53 bits per heavy atom. The van der Waals surface area contributed by atoms with Crippen LogP contribution in [-0.4, -0.2) is 19.7 Å². The quantitative estimate of drug-likeness (QED) is 0.725. The zero-order valence-electron chi connectivity index (χ0n) is 8.50. The number of ether oxygens (including phenoxy) is 1. The Kier molecular flexibility index (Phi) is 2.95. The topological polar surface area (TPSA) is 29.5 Å². The van der Waals surface area contributed by atoms with Crippen LogP contribution in [0.25, 0.3) is 0 Å². The molecule has 4 heteroatoms. The van der Waals surface area contributed by atoms with E-state index in [4.69, 9.17) is 4.74 Å². The molecule has 0 saturated carbocycles. The number of aryl methyl sites for hydroxylation is 1. The molecule has 1 amide bonds. The van der Waals surface area contributed by atoms with Crippen molar-refractivity contribution in [2.24, 2.45) is 0 Å². The molecule has 0 N–H and O–H groups in total. The van der Waals surface area contributed by atoms with Crippen LogP contribution in [0, 0.1) is 0 Å². The summed E-state index contributed by atoms with van der Waals surface area (Å²) >= 11 is 3.43. The van der Waals surface area contributed by atoms with Gasteiger partial charge in [-0.25, -0.2) is 4.79 Å². The summed E-state index contributed by atoms with van der Waals surface area (Å²) in [6.07, 6.45) is 1.72. The first-order valence-electron chi connectivity index (χ1n) is 4.86. The third-order valence-electron chi connectivity index (χ3n) is 2.56. The van der Waals surface area contributed by atoms with E-state index in [1.54, 1.807) is 4.90 Å². The third kappa shape index (κ3) is 2.00. The molecule has 0 bridgehead atoms. The molecule has 2 rings (SSSR count). The maximum Gasteiger partial charge on any atom is 0.414 e. The maximum atomic E-state index is 11.5. The predicted molar refractivity (Wildman–Crippen MR) is 62.2 cm³/mol. The highest BCUT2D eigenvalue weighted by Crippen LogP contribution is 2.29. The number of nitrogens with zero attached hydrogens (tertiary/aromatic N) is 1. The summed E-state index contributed by atoms with van der Waals surface area (Å²) in [7, 11) is 1.41. The normalized spacial score (nSPS) is 14.7. The molecule has 0 spiro atoms. The number of anilines is 1. The fourth-order valence-electron chi connectivity index (χ4n) is 1.87. The second-order valence-corrected chi connectivity index (χ2v) is 4.41. The fraction of sp³-hybridized carbons (Fsp3) is 0.364. The number of carbonyl (C=O) groups excluding carboxylic acids is 1. The van der Waals surface area contributed by atoms with E-state index in [1.807, 2.05) is 12.1 Å². The second kappa shape index (κ2) is 4.23. The Morgan fingerprint density at radius 2 is 2.33 bits per heavy atom. The molecule has 0 atom stereocenters. The number of halogens is 1. The molecule has 15 heavy (non-hydrogen) atoms. The summed E-state index contributed by atoms with van der Waals surface area (Å²) in [6.45, 7) is 0.737. The third-order valence-corrected chi connectivity index (χ3v) is 3.05. The number of fused-ring (bicyclic) bond motifs is 1. The van der Waals surface area contributed by atoms with Crippen LogP contribution < -0.4 is 4.90 Å². The summed E-state index contributed by atoms with van der Waals surface area (Å²) in [5.74, 6) is 0. The molecule has 3 nitrogen and oxygen atoms in total. The Labute approximate surface area is 97.2 Å². The number of amides is 1. The van der Waals surface area contributed by atoms with Gasteiger partial charge in [-0.1, -0.05) is 15.9 Å². The summed E-state index contributed by atoms with van der Waals surface area (Å²) in [5.41, 5.74) is 2.16. The van der Waals surface area contributed by atoms with Crippen LogP contribution in [0.4, 0.5) is 10.5 Å². The van der Waals surface area contributed by atoms with Gasteiger partial charge in [0, 0.05) is 11.0 Å². The SMILES string of the molecule is COC(=O)N1CCCc2cc(Br)ccc21. The van der Waals surface area contributed by atoms with Crippen molar-refractivity contribution >= 4 is 27.7 Å². The minimum absolute atomic E-state index is 0.279. The van der Waals surface area contributed by atoms with Crippen LogP contribution in [0.1, 0.15) is 12.0 Å². The van der Waals surface area contributed by atoms with Crippen LogP contribution in [-0.2, 0) is 11.2 Å². The van der Waals surface area contributed by atoms with E-state index in [0.717, 1.165) is 29.5 Å². The van der Waals surface area contributed by atoms with Gasteiger partial charge < -0.3 is 4.74 Å². The number of hydrogen-bond donors (Lipinski definition) is 0. The largest absolute Gasteiger partial charge is 0.452 e. The minimum Gasteiger partial charge on any atom is -0.452 e. The summed E-state index contributed by atoms with van der Waals surface area (Å²) < 4.78 is 5.80. The molecule has 1 heterocycles. The first kappa shape index (κ1) is 10.5. The van der Waals surface area contributed by atoms with Crippen LogP contribution in [0.5, 0.6) is 0 Å². The summed E-state index contributed by atoms with van der Waals surface area (Å²) in [5, 5.41) is 0. The van der Waals surface area contributed by atoms with Crippen molar-refractivity contribution < 1.29 is 9.53 Å². The van der Waals surface area contributed by atoms with Crippen molar-refractivity contribution in [1.29, 1.82) is 0 Å². The van der Waals surface area contributed by atoms with E-state index in [2.05, 4.69) is 22.0 Å². The van der Waals surface area contributed by atoms with Crippen LogP contribution in [0.15, 0.2) is 22.7 Å². The van der Waals surface area contributed by atoms with Gasteiger partial charge in [-0.15, -0.1) is 0 Å². The minimum atomic E-state index is -0.279. The lowest BCUT2D eigenvalue weighted by Crippen LogP contribution is -2.35. The molecule has 0 aromatic heterocycles. The van der Waals surface area contributed by atoms with Gasteiger partial charge in [0.2, 0.25) is 0 Å². The molecule has 1 aliphatic rings. The van der Waals surface area contributed by atoms with E-state index >= 15 is 0 Å². The fourth-order valence-corrected chi connectivity index (χ4v) is 2.27. The Balaban J connectivity index is 2.38. The predicted octanol–water partition coefficient (Wildman–Crippen LogP) is 2.97. The van der Waals surface area contributed by atoms with Crippen molar-refractivity contribution in [3.8, 4) is 0 Å². The van der Waals surface area contributed by atoms with Crippen LogP contribution in [0.3, 0.4) is 0 Å². The van der Waals surface area contributed by atoms with Gasteiger partial charge in [0.05, 0.1) is 12.8 Å². The average Bonchev–Trinajstić information content (AvgIpc) is 2.26. The van der Waals surface area contributed by atoms with E-state index in [1.165, 1.54) is 12.7 Å². The summed E-state index contributed by atoms with van der Waals surface area (Å²) in [6, 6.07) is 5.96. The van der Waals surface area contributed by atoms with Gasteiger partial charge in [-0.2, -0.15) is 0 Å². The first-order valence-corrected chi connectivity index (χ1v) is 5.65. The molecule has 0 aliphatic carbocycles. The van der Waals surface area contributed by atoms with Gasteiger partial charge in [0.25, 0.3) is 0 Å². The van der Waals surface area contributed by atoms with E-state index < -0.39 is 0 Å². The van der Waals surface area contributed by atoms with Crippen molar-refractivity contribution in [2.75, 3.05) is 18.6 Å². The van der Waals surface area contributed by atoms with Gasteiger partial charge in [0.1, 0.15) is 0 Å². The lowest BCUT2D eigenvalue weighted by Gasteiger charge is -2.28. The monoisotopic (exact) mass is 269 g/mol. The van der Waals surface area contributed by atoms with Gasteiger partial charge >= 0.3 is 6.09 Å². The molecule has 0 saturated heterocycles. The highest BCUT2D eigenvalue weighted by atomic mass is 79.9. The van der Waals surface area contributed by atoms with Gasteiger partial charge in [0.15, 0.2) is 0 Å². The molecule has 0 unspecified atom stereocenters. The highest BCUT2D eigenvalue weighted by molar-refractivity contribution is 9.10. The average molecular weight is 270 g/mol. The lowest BCUT2D eigenvalue weighted by molar-refractivity contribution is 0.178. The number of benzene rings is 1. The van der Waals surface area contributed by atoms with E-state index in [9.17, 15) is 4.79 Å². The molecular formula is C11H12BrNO2. The number of carbonyl (C=O) groups is 1. The summed E-state index contributed by atoms with van der Waals surface area (Å²) in [4.78, 5) is 13.2. The van der Waals surface area contributed by atoms with Crippen molar-refractivity contribution in [3.05, 3.63) is 28.2 Å². The second-order valence-electron chi connectivity index (χ2n) is 3.50. The Morgan fingerprint density at radius 3 is 3.07 bits per heavy atom. The Hall–Kier alpha value is -1.03. The molecular weight excluding hydrogens is 258 g/mol. The standard InChI is InChI=1S/C11H12BrNO2/c1-15-11(14)13-6-2-3-8-7-9(12)4-5-10(8)13/h4-5,7H,2-3,6H2,1H3. The molecule has 80 valence electrons. The van der Waals surface area contributed by atoms with Crippen molar-refractivity contribution in [3.63, 3.8) is 0 Å². The molecule has 0 fully saturated rings. The number of hydrogen-bond acceptors (Lipinski definition) is 2. The zero-order chi connectivity index (χ0) is 10.8. The number of rotatable bonds is 0. The molecule has 0 radical (unpaired) electrons. The van der Waals surface area contributed by atoms with Crippen molar-refractivity contribution in [1.82, 2.24) is 0 Å². The van der Waals surface area contributed by atoms with Crippen molar-refractivity contribution in [2.45, 2.75) is 12.8 Å². The molecule has 1 aliphatic heterocycles. The van der Waals surface area contributed by atoms with Crippen LogP contribution >= 0.6 is 15.9 Å². The molecule has 1 aromatic carbocycles. The highest BCUT2D eigenvalue weighted by Gasteiger charge is 2.22.